The Bertz CT molecular complexity index is 1200. The molecule has 1 aromatic heterocycles. The first-order chi connectivity index (χ1) is 15.7. The van der Waals surface area contributed by atoms with Crippen LogP contribution in [0.1, 0.15) is 109 Å². The second-order valence-corrected chi connectivity index (χ2v) is 13.8. The van der Waals surface area contributed by atoms with Crippen molar-refractivity contribution in [3.63, 3.8) is 0 Å². The zero-order valence-corrected chi connectivity index (χ0v) is 23.4. The Kier molecular flexibility index (Phi) is 6.24. The molecule has 0 aliphatic heterocycles. The van der Waals surface area contributed by atoms with Gasteiger partial charge in [-0.05, 0) is 94.5 Å². The summed E-state index contributed by atoms with van der Waals surface area (Å²) in [6, 6.07) is 14.5. The van der Waals surface area contributed by atoms with Gasteiger partial charge < -0.3 is 0 Å². The summed E-state index contributed by atoms with van der Waals surface area (Å²) in [5.74, 6) is 0.702. The van der Waals surface area contributed by atoms with Crippen LogP contribution in [-0.4, -0.2) is 0 Å². The molecular weight excluding hydrogens is 410 g/mol. The Labute approximate surface area is 208 Å². The van der Waals surface area contributed by atoms with Crippen molar-refractivity contribution in [3.8, 4) is 11.3 Å². The van der Waals surface area contributed by atoms with Crippen molar-refractivity contribution in [2.75, 3.05) is 0 Å². The number of pyridine rings is 1. The van der Waals surface area contributed by atoms with Crippen LogP contribution in [0.15, 0.2) is 42.6 Å². The highest BCUT2D eigenvalue weighted by atomic mass is 14.9. The van der Waals surface area contributed by atoms with Crippen molar-refractivity contribution in [3.05, 3.63) is 64.8 Å². The molecule has 0 spiro atoms. The van der Waals surface area contributed by atoms with Crippen molar-refractivity contribution in [2.45, 2.75) is 105 Å². The van der Waals surface area contributed by atoms with Crippen LogP contribution in [0.2, 0.25) is 0 Å². The third kappa shape index (κ3) is 4.81. The highest BCUT2D eigenvalue weighted by Crippen LogP contribution is 2.43. The maximum atomic E-state index is 2.48. The molecule has 0 radical (unpaired) electrons. The van der Waals surface area contributed by atoms with E-state index in [9.17, 15) is 0 Å². The van der Waals surface area contributed by atoms with E-state index in [1.54, 1.807) is 0 Å². The smallest absolute Gasteiger partial charge is 0.200 e. The molecule has 1 saturated carbocycles. The van der Waals surface area contributed by atoms with Gasteiger partial charge in [0.1, 0.15) is 7.05 Å². The van der Waals surface area contributed by atoms with Crippen LogP contribution in [0.25, 0.3) is 22.0 Å². The molecule has 0 saturated heterocycles. The van der Waals surface area contributed by atoms with Crippen molar-refractivity contribution >= 4 is 10.8 Å². The van der Waals surface area contributed by atoms with Gasteiger partial charge in [0.05, 0.1) is 10.9 Å². The fraction of sp³-hybridized carbons (Fsp3) is 0.545. The van der Waals surface area contributed by atoms with Gasteiger partial charge in [-0.25, -0.2) is 4.57 Å². The normalized spacial score (nSPS) is 17.4. The van der Waals surface area contributed by atoms with Crippen LogP contribution < -0.4 is 4.57 Å². The molecule has 4 rings (SSSR count). The predicted octanol–water partition coefficient (Wildman–Crippen LogP) is 8.92. The fourth-order valence-corrected chi connectivity index (χ4v) is 5.89. The van der Waals surface area contributed by atoms with E-state index in [2.05, 4.69) is 117 Å². The van der Waals surface area contributed by atoms with Crippen LogP contribution in [0, 0.1) is 12.3 Å². The maximum Gasteiger partial charge on any atom is 0.220 e. The van der Waals surface area contributed by atoms with Gasteiger partial charge in [-0.1, -0.05) is 73.6 Å². The SMILES string of the molecule is Cc1c(-c2c3ccc(C4CCC(C)(C)CC4)cc3cc[n+]2C)cc(C(C)(C)C)cc1C(C)(C)C. The third-order valence-corrected chi connectivity index (χ3v) is 8.31. The summed E-state index contributed by atoms with van der Waals surface area (Å²) in [4.78, 5) is 0. The first kappa shape index (κ1) is 25.0. The van der Waals surface area contributed by atoms with Gasteiger partial charge in [-0.3, -0.25) is 0 Å². The number of hydrogen-bond donors (Lipinski definition) is 0. The lowest BCUT2D eigenvalue weighted by Crippen LogP contribution is -2.31. The minimum absolute atomic E-state index is 0.102. The molecule has 3 aromatic rings. The lowest BCUT2D eigenvalue weighted by atomic mass is 9.71. The van der Waals surface area contributed by atoms with E-state index in [-0.39, 0.29) is 10.8 Å². The molecule has 34 heavy (non-hydrogen) atoms. The molecule has 1 heterocycles. The molecular formula is C33H46N+. The van der Waals surface area contributed by atoms with Crippen LogP contribution in [0.5, 0.6) is 0 Å². The van der Waals surface area contributed by atoms with E-state index >= 15 is 0 Å². The second-order valence-electron chi connectivity index (χ2n) is 13.8. The quantitative estimate of drug-likeness (QED) is 0.339. The van der Waals surface area contributed by atoms with E-state index in [1.807, 2.05) is 0 Å². The van der Waals surface area contributed by atoms with Gasteiger partial charge >= 0.3 is 0 Å². The van der Waals surface area contributed by atoms with E-state index < -0.39 is 0 Å². The third-order valence-electron chi connectivity index (χ3n) is 8.31. The number of benzene rings is 2. The molecule has 0 amide bonds. The number of aromatic nitrogens is 1. The van der Waals surface area contributed by atoms with Crippen LogP contribution >= 0.6 is 0 Å². The largest absolute Gasteiger partial charge is 0.220 e. The first-order valence-electron chi connectivity index (χ1n) is 13.3. The molecule has 1 aliphatic rings. The van der Waals surface area contributed by atoms with Crippen LogP contribution in [0.3, 0.4) is 0 Å². The topological polar surface area (TPSA) is 3.88 Å². The van der Waals surface area contributed by atoms with Gasteiger partial charge in [-0.2, -0.15) is 0 Å². The number of hydrogen-bond acceptors (Lipinski definition) is 0. The summed E-state index contributed by atoms with van der Waals surface area (Å²) in [5.41, 5.74) is 9.22. The molecule has 1 nitrogen and oxygen atoms in total. The summed E-state index contributed by atoms with van der Waals surface area (Å²) in [6.07, 6.45) is 7.55. The molecule has 1 heteroatoms. The Balaban J connectivity index is 1.89. The molecule has 0 N–H and O–H groups in total. The minimum Gasteiger partial charge on any atom is -0.200 e. The average molecular weight is 457 g/mol. The van der Waals surface area contributed by atoms with Crippen LogP contribution in [-0.2, 0) is 17.9 Å². The molecule has 0 unspecified atom stereocenters. The average Bonchev–Trinajstić information content (AvgIpc) is 2.72. The van der Waals surface area contributed by atoms with Gasteiger partial charge in [0, 0.05) is 6.07 Å². The number of rotatable bonds is 2. The zero-order chi connectivity index (χ0) is 25.1. The van der Waals surface area contributed by atoms with E-state index in [4.69, 9.17) is 0 Å². The predicted molar refractivity (Wildman–Crippen MR) is 148 cm³/mol. The Morgan fingerprint density at radius 2 is 1.50 bits per heavy atom. The van der Waals surface area contributed by atoms with Crippen molar-refractivity contribution in [1.29, 1.82) is 0 Å². The molecule has 1 aliphatic carbocycles. The monoisotopic (exact) mass is 456 g/mol. The van der Waals surface area contributed by atoms with Gasteiger partial charge in [0.2, 0.25) is 5.69 Å². The minimum atomic E-state index is 0.102. The van der Waals surface area contributed by atoms with Gasteiger partial charge in [-0.15, -0.1) is 0 Å². The number of aryl methyl sites for hydroxylation is 1. The van der Waals surface area contributed by atoms with E-state index in [1.165, 1.54) is 70.0 Å². The molecule has 1 fully saturated rings. The van der Waals surface area contributed by atoms with Crippen LogP contribution in [0.4, 0.5) is 0 Å². The second kappa shape index (κ2) is 8.51. The highest BCUT2D eigenvalue weighted by Gasteiger charge is 2.29. The summed E-state index contributed by atoms with van der Waals surface area (Å²) in [5, 5.41) is 2.73. The Morgan fingerprint density at radius 1 is 0.853 bits per heavy atom. The summed E-state index contributed by atoms with van der Waals surface area (Å²) < 4.78 is 2.33. The molecule has 0 bridgehead atoms. The molecule has 2 aromatic carbocycles. The fourth-order valence-electron chi connectivity index (χ4n) is 5.89. The maximum absolute atomic E-state index is 2.48. The van der Waals surface area contributed by atoms with Crippen molar-refractivity contribution in [1.82, 2.24) is 0 Å². The van der Waals surface area contributed by atoms with Gasteiger partial charge in [0.25, 0.3) is 0 Å². The first-order valence-corrected chi connectivity index (χ1v) is 13.3. The number of nitrogens with zero attached hydrogens (tertiary/aromatic N) is 1. The molecule has 0 atom stereocenters. The Morgan fingerprint density at radius 3 is 2.09 bits per heavy atom. The zero-order valence-electron chi connectivity index (χ0n) is 23.4. The van der Waals surface area contributed by atoms with E-state index in [0.29, 0.717) is 11.3 Å². The standard InChI is InChI=1S/C33H46N/c1-22-28(20-26(31(2,3)4)21-29(22)32(5,6)7)30-27-12-11-24(19-25(27)15-18-34(30)10)23-13-16-33(8,9)17-14-23/h11-12,15,18-21,23H,13-14,16-17H2,1-10H3/q+1. The van der Waals surface area contributed by atoms with Crippen molar-refractivity contribution < 1.29 is 4.57 Å². The van der Waals surface area contributed by atoms with Gasteiger partial charge in [0.15, 0.2) is 6.20 Å². The number of fused-ring (bicyclic) bond motifs is 1. The lowest BCUT2D eigenvalue weighted by Gasteiger charge is -2.34. The summed E-state index contributed by atoms with van der Waals surface area (Å²) >= 11 is 0. The Hall–Kier alpha value is -2.15. The van der Waals surface area contributed by atoms with Crippen molar-refractivity contribution in [2.24, 2.45) is 12.5 Å². The summed E-state index contributed by atoms with van der Waals surface area (Å²) in [7, 11) is 2.20. The highest BCUT2D eigenvalue weighted by molar-refractivity contribution is 5.94. The van der Waals surface area contributed by atoms with E-state index in [0.717, 1.165) is 0 Å². The molecule has 182 valence electrons. The summed E-state index contributed by atoms with van der Waals surface area (Å²) in [6.45, 7) is 21.2. The lowest BCUT2D eigenvalue weighted by molar-refractivity contribution is -0.659.